The van der Waals surface area contributed by atoms with E-state index in [9.17, 15) is 9.59 Å². The zero-order valence-electron chi connectivity index (χ0n) is 17.7. The predicted octanol–water partition coefficient (Wildman–Crippen LogP) is 2.88. The van der Waals surface area contributed by atoms with E-state index in [1.165, 1.54) is 43.4 Å². The van der Waals surface area contributed by atoms with Crippen molar-refractivity contribution in [3.8, 4) is 17.2 Å². The van der Waals surface area contributed by atoms with Crippen molar-refractivity contribution < 1.29 is 28.2 Å². The molecule has 0 unspecified atom stereocenters. The second-order valence-electron chi connectivity index (χ2n) is 6.60. The summed E-state index contributed by atoms with van der Waals surface area (Å²) in [5.74, 6) is -0.281. The molecule has 168 valence electrons. The number of benzene rings is 2. The first kappa shape index (κ1) is 21.6. The van der Waals surface area contributed by atoms with Crippen molar-refractivity contribution in [1.29, 1.82) is 0 Å². The number of aromatic nitrogens is 4. The Bertz CT molecular complexity index is 1250. The molecule has 0 atom stereocenters. The molecule has 0 aliphatic heterocycles. The van der Waals surface area contributed by atoms with Crippen LogP contribution in [0, 0.1) is 0 Å². The van der Waals surface area contributed by atoms with E-state index in [1.807, 2.05) is 30.3 Å². The number of para-hydroxylation sites is 1. The molecule has 0 aliphatic rings. The maximum absolute atomic E-state index is 13.0. The van der Waals surface area contributed by atoms with Crippen molar-refractivity contribution in [1.82, 2.24) is 20.2 Å². The monoisotopic (exact) mass is 449 g/mol. The van der Waals surface area contributed by atoms with Gasteiger partial charge in [0.05, 0.1) is 37.4 Å². The summed E-state index contributed by atoms with van der Waals surface area (Å²) in [6, 6.07) is 15.1. The zero-order valence-corrected chi connectivity index (χ0v) is 17.7. The van der Waals surface area contributed by atoms with Gasteiger partial charge in [0.25, 0.3) is 5.91 Å². The minimum absolute atomic E-state index is 0.0475. The lowest BCUT2D eigenvalue weighted by molar-refractivity contribution is 0.0460. The maximum atomic E-state index is 13.0. The van der Waals surface area contributed by atoms with Crippen LogP contribution in [0.15, 0.2) is 65.3 Å². The predicted molar refractivity (Wildman–Crippen MR) is 114 cm³/mol. The van der Waals surface area contributed by atoms with Gasteiger partial charge >= 0.3 is 5.97 Å². The van der Waals surface area contributed by atoms with Gasteiger partial charge in [-0.05, 0) is 34.7 Å². The fourth-order valence-corrected chi connectivity index (χ4v) is 3.02. The fourth-order valence-electron chi connectivity index (χ4n) is 3.02. The summed E-state index contributed by atoms with van der Waals surface area (Å²) in [4.78, 5) is 25.5. The number of nitrogens with zero attached hydrogens (tertiary/aromatic N) is 4. The Labute approximate surface area is 187 Å². The van der Waals surface area contributed by atoms with E-state index in [4.69, 9.17) is 18.6 Å². The Hall–Kier alpha value is -4.67. The van der Waals surface area contributed by atoms with Crippen molar-refractivity contribution in [2.75, 3.05) is 19.5 Å². The molecule has 2 aromatic heterocycles. The van der Waals surface area contributed by atoms with Crippen molar-refractivity contribution in [2.24, 2.45) is 0 Å². The second-order valence-corrected chi connectivity index (χ2v) is 6.60. The van der Waals surface area contributed by atoms with Crippen molar-refractivity contribution >= 4 is 17.6 Å². The third kappa shape index (κ3) is 4.66. The highest BCUT2D eigenvalue weighted by atomic mass is 16.5. The number of tetrazole rings is 1. The summed E-state index contributed by atoms with van der Waals surface area (Å²) >= 11 is 0. The van der Waals surface area contributed by atoms with Gasteiger partial charge in [-0.1, -0.05) is 18.2 Å². The van der Waals surface area contributed by atoms with Crippen LogP contribution in [0.2, 0.25) is 0 Å². The second kappa shape index (κ2) is 9.64. The van der Waals surface area contributed by atoms with Gasteiger partial charge in [-0.3, -0.25) is 4.79 Å². The van der Waals surface area contributed by atoms with E-state index in [-0.39, 0.29) is 29.4 Å². The SMILES string of the molecule is COc1cc(NC(=O)c2ccco2)c(C(=O)OCc2nnnn2-c2ccccc2)cc1OC. The highest BCUT2D eigenvalue weighted by molar-refractivity contribution is 6.07. The molecule has 0 fully saturated rings. The number of hydrogen-bond acceptors (Lipinski definition) is 9. The number of carbonyl (C=O) groups is 2. The highest BCUT2D eigenvalue weighted by Crippen LogP contribution is 2.34. The van der Waals surface area contributed by atoms with Crippen LogP contribution in [0.1, 0.15) is 26.7 Å². The Morgan fingerprint density at radius 1 is 1.03 bits per heavy atom. The summed E-state index contributed by atoms with van der Waals surface area (Å²) in [7, 11) is 2.87. The van der Waals surface area contributed by atoms with E-state index in [0.717, 1.165) is 0 Å². The molecule has 11 heteroatoms. The van der Waals surface area contributed by atoms with Crippen LogP contribution in [0.25, 0.3) is 5.69 Å². The van der Waals surface area contributed by atoms with Crippen LogP contribution in [0.5, 0.6) is 11.5 Å². The van der Waals surface area contributed by atoms with Gasteiger partial charge in [0.2, 0.25) is 0 Å². The molecule has 33 heavy (non-hydrogen) atoms. The molecule has 0 aliphatic carbocycles. The van der Waals surface area contributed by atoms with Gasteiger partial charge in [0, 0.05) is 12.1 Å². The van der Waals surface area contributed by atoms with Crippen LogP contribution >= 0.6 is 0 Å². The highest BCUT2D eigenvalue weighted by Gasteiger charge is 2.22. The molecule has 0 saturated carbocycles. The summed E-state index contributed by atoms with van der Waals surface area (Å²) < 4.78 is 22.6. The van der Waals surface area contributed by atoms with Crippen molar-refractivity contribution in [3.63, 3.8) is 0 Å². The molecule has 1 amide bonds. The third-order valence-electron chi connectivity index (χ3n) is 4.60. The average Bonchev–Trinajstić information content (AvgIpc) is 3.55. The summed E-state index contributed by atoms with van der Waals surface area (Å²) in [5.41, 5.74) is 0.916. The summed E-state index contributed by atoms with van der Waals surface area (Å²) in [6.07, 6.45) is 1.37. The number of furan rings is 1. The first-order valence-electron chi connectivity index (χ1n) is 9.71. The lowest BCUT2D eigenvalue weighted by Crippen LogP contribution is -2.16. The lowest BCUT2D eigenvalue weighted by atomic mass is 10.1. The Morgan fingerprint density at radius 3 is 2.48 bits per heavy atom. The molecule has 4 rings (SSSR count). The lowest BCUT2D eigenvalue weighted by Gasteiger charge is -2.15. The molecular formula is C22H19N5O6. The molecular weight excluding hydrogens is 430 g/mol. The van der Waals surface area contributed by atoms with Gasteiger partial charge in [0.15, 0.2) is 29.7 Å². The zero-order chi connectivity index (χ0) is 23.2. The topological polar surface area (TPSA) is 131 Å². The van der Waals surface area contributed by atoms with Crippen molar-refractivity contribution in [2.45, 2.75) is 6.61 Å². The Morgan fingerprint density at radius 2 is 1.79 bits per heavy atom. The van der Waals surface area contributed by atoms with Crippen LogP contribution in [0.4, 0.5) is 5.69 Å². The number of hydrogen-bond donors (Lipinski definition) is 1. The number of carbonyl (C=O) groups excluding carboxylic acids is 2. The van der Waals surface area contributed by atoms with Crippen LogP contribution < -0.4 is 14.8 Å². The molecule has 0 radical (unpaired) electrons. The number of anilines is 1. The van der Waals surface area contributed by atoms with Crippen molar-refractivity contribution in [3.05, 3.63) is 78.0 Å². The van der Waals surface area contributed by atoms with E-state index >= 15 is 0 Å². The Balaban J connectivity index is 1.59. The first-order valence-corrected chi connectivity index (χ1v) is 9.71. The van der Waals surface area contributed by atoms with E-state index in [1.54, 1.807) is 6.07 Å². The molecule has 2 aromatic carbocycles. The van der Waals surface area contributed by atoms with Gasteiger partial charge in [-0.25, -0.2) is 4.79 Å². The van der Waals surface area contributed by atoms with Gasteiger partial charge in [-0.2, -0.15) is 4.68 Å². The molecule has 4 aromatic rings. The maximum Gasteiger partial charge on any atom is 0.340 e. The molecule has 1 N–H and O–H groups in total. The minimum atomic E-state index is -0.728. The number of nitrogens with one attached hydrogen (secondary N) is 1. The summed E-state index contributed by atoms with van der Waals surface area (Å²) in [6.45, 7) is -0.208. The van der Waals surface area contributed by atoms with E-state index in [2.05, 4.69) is 20.8 Å². The molecule has 0 saturated heterocycles. The quantitative estimate of drug-likeness (QED) is 0.403. The third-order valence-corrected chi connectivity index (χ3v) is 4.60. The van der Waals surface area contributed by atoms with Gasteiger partial charge < -0.3 is 23.9 Å². The molecule has 0 bridgehead atoms. The summed E-state index contributed by atoms with van der Waals surface area (Å²) in [5, 5.41) is 14.1. The smallest absolute Gasteiger partial charge is 0.340 e. The average molecular weight is 449 g/mol. The standard InChI is InChI=1S/C22H19N5O6/c1-30-18-11-15(16(12-19(18)31-2)23-21(28)17-9-6-10-32-17)22(29)33-13-20-24-25-26-27(20)14-7-4-3-5-8-14/h3-12H,13H2,1-2H3,(H,23,28). The first-order chi connectivity index (χ1) is 16.1. The van der Waals surface area contributed by atoms with Crippen LogP contribution in [-0.4, -0.2) is 46.3 Å². The van der Waals surface area contributed by atoms with Gasteiger partial charge in [0.1, 0.15) is 0 Å². The number of methoxy groups -OCH3 is 2. The number of amides is 1. The number of ether oxygens (including phenoxy) is 3. The Kier molecular flexibility index (Phi) is 6.30. The van der Waals surface area contributed by atoms with Crippen LogP contribution in [-0.2, 0) is 11.3 Å². The molecule has 11 nitrogen and oxygen atoms in total. The molecule has 0 spiro atoms. The largest absolute Gasteiger partial charge is 0.493 e. The number of esters is 1. The molecule has 2 heterocycles. The van der Waals surface area contributed by atoms with E-state index in [0.29, 0.717) is 17.3 Å². The number of rotatable bonds is 8. The fraction of sp³-hybridized carbons (Fsp3) is 0.136. The van der Waals surface area contributed by atoms with Gasteiger partial charge in [-0.15, -0.1) is 5.10 Å². The van der Waals surface area contributed by atoms with E-state index < -0.39 is 11.9 Å². The van der Waals surface area contributed by atoms with Crippen LogP contribution in [0.3, 0.4) is 0 Å². The normalized spacial score (nSPS) is 10.5. The minimum Gasteiger partial charge on any atom is -0.493 e.